The van der Waals surface area contributed by atoms with Gasteiger partial charge in [0, 0.05) is 47.3 Å². The van der Waals surface area contributed by atoms with E-state index in [0.717, 1.165) is 17.9 Å². The van der Waals surface area contributed by atoms with Crippen molar-refractivity contribution in [2.45, 2.75) is 31.3 Å². The van der Waals surface area contributed by atoms with Crippen LogP contribution in [0.25, 0.3) is 0 Å². The molecule has 0 bridgehead atoms. The van der Waals surface area contributed by atoms with Crippen molar-refractivity contribution in [3.8, 4) is 0 Å². The highest BCUT2D eigenvalue weighted by atomic mass is 32.2. The molecule has 122 valence electrons. The molecule has 1 saturated heterocycles. The SMILES string of the molecule is CC(C)CO[C@@H]1CCN(C(=O)Nc2ccc([S@@](C)=O)cc2)C1. The fraction of sp³-hybridized carbons (Fsp3) is 0.562. The van der Waals surface area contributed by atoms with Crippen LogP contribution in [0.2, 0.25) is 0 Å². The predicted molar refractivity (Wildman–Crippen MR) is 88.6 cm³/mol. The van der Waals surface area contributed by atoms with E-state index in [0.29, 0.717) is 24.7 Å². The van der Waals surface area contributed by atoms with Crippen LogP contribution < -0.4 is 5.32 Å². The first-order valence-corrected chi connectivity index (χ1v) is 9.12. The minimum Gasteiger partial charge on any atom is -0.376 e. The van der Waals surface area contributed by atoms with Gasteiger partial charge in [0.2, 0.25) is 0 Å². The Balaban J connectivity index is 1.84. The minimum absolute atomic E-state index is 0.110. The third-order valence-corrected chi connectivity index (χ3v) is 4.47. The lowest BCUT2D eigenvalue weighted by Gasteiger charge is -2.18. The number of ether oxygens (including phenoxy) is 1. The summed E-state index contributed by atoms with van der Waals surface area (Å²) in [7, 11) is -1.00. The summed E-state index contributed by atoms with van der Waals surface area (Å²) in [6, 6.07) is 6.98. The molecule has 0 spiro atoms. The zero-order valence-electron chi connectivity index (χ0n) is 13.4. The molecule has 2 amide bonds. The quantitative estimate of drug-likeness (QED) is 0.906. The lowest BCUT2D eigenvalue weighted by molar-refractivity contribution is 0.0440. The van der Waals surface area contributed by atoms with Gasteiger partial charge in [-0.25, -0.2) is 4.79 Å². The average molecular weight is 324 g/mol. The summed E-state index contributed by atoms with van der Waals surface area (Å²) in [6.45, 7) is 6.32. The van der Waals surface area contributed by atoms with Crippen LogP contribution in [0.3, 0.4) is 0 Å². The van der Waals surface area contributed by atoms with Crippen LogP contribution in [-0.4, -0.2) is 47.2 Å². The summed E-state index contributed by atoms with van der Waals surface area (Å²) >= 11 is 0. The van der Waals surface area contributed by atoms with E-state index in [-0.39, 0.29) is 12.1 Å². The van der Waals surface area contributed by atoms with Gasteiger partial charge in [0.1, 0.15) is 0 Å². The van der Waals surface area contributed by atoms with Gasteiger partial charge in [0.25, 0.3) is 0 Å². The first-order chi connectivity index (χ1) is 10.5. The maximum Gasteiger partial charge on any atom is 0.321 e. The van der Waals surface area contributed by atoms with Crippen LogP contribution in [0.1, 0.15) is 20.3 Å². The van der Waals surface area contributed by atoms with Gasteiger partial charge in [-0.3, -0.25) is 4.21 Å². The van der Waals surface area contributed by atoms with E-state index in [1.807, 2.05) is 0 Å². The van der Waals surface area contributed by atoms with Gasteiger partial charge in [-0.1, -0.05) is 13.8 Å². The van der Waals surface area contributed by atoms with E-state index in [2.05, 4.69) is 19.2 Å². The maximum absolute atomic E-state index is 12.2. The zero-order valence-corrected chi connectivity index (χ0v) is 14.2. The van der Waals surface area contributed by atoms with Gasteiger partial charge in [-0.15, -0.1) is 0 Å². The molecule has 0 aromatic heterocycles. The summed E-state index contributed by atoms with van der Waals surface area (Å²) in [5.41, 5.74) is 0.714. The summed E-state index contributed by atoms with van der Waals surface area (Å²) in [5, 5.41) is 2.87. The molecule has 0 radical (unpaired) electrons. The fourth-order valence-corrected chi connectivity index (χ4v) is 2.83. The van der Waals surface area contributed by atoms with Crippen LogP contribution in [0.15, 0.2) is 29.2 Å². The van der Waals surface area contributed by atoms with E-state index >= 15 is 0 Å². The van der Waals surface area contributed by atoms with Crippen molar-refractivity contribution < 1.29 is 13.7 Å². The summed E-state index contributed by atoms with van der Waals surface area (Å²) in [5.74, 6) is 0.505. The molecule has 1 heterocycles. The molecule has 2 rings (SSSR count). The Labute approximate surface area is 134 Å². The molecule has 1 aromatic rings. The molecular formula is C16H24N2O3S. The molecule has 0 aliphatic carbocycles. The largest absolute Gasteiger partial charge is 0.376 e. The van der Waals surface area contributed by atoms with Crippen molar-refractivity contribution in [2.24, 2.45) is 5.92 Å². The lowest BCUT2D eigenvalue weighted by Crippen LogP contribution is -2.34. The molecule has 0 saturated carbocycles. The van der Waals surface area contributed by atoms with E-state index in [9.17, 15) is 9.00 Å². The number of hydrogen-bond acceptors (Lipinski definition) is 3. The normalized spacial score (nSPS) is 19.5. The number of benzene rings is 1. The highest BCUT2D eigenvalue weighted by molar-refractivity contribution is 7.84. The van der Waals surface area contributed by atoms with E-state index < -0.39 is 10.8 Å². The molecule has 6 heteroatoms. The average Bonchev–Trinajstić information content (AvgIpc) is 2.94. The van der Waals surface area contributed by atoms with Gasteiger partial charge < -0.3 is 15.0 Å². The Hall–Kier alpha value is -1.40. The van der Waals surface area contributed by atoms with Gasteiger partial charge in [0.15, 0.2) is 0 Å². The molecule has 5 nitrogen and oxygen atoms in total. The van der Waals surface area contributed by atoms with Gasteiger partial charge in [0.05, 0.1) is 6.10 Å². The number of nitrogens with zero attached hydrogens (tertiary/aromatic N) is 1. The number of hydrogen-bond donors (Lipinski definition) is 1. The fourth-order valence-electron chi connectivity index (χ4n) is 2.31. The van der Waals surface area contributed by atoms with Crippen LogP contribution >= 0.6 is 0 Å². The topological polar surface area (TPSA) is 58.6 Å². The Kier molecular flexibility index (Phi) is 5.97. The standard InChI is InChI=1S/C16H24N2O3S/c1-12(2)11-21-14-8-9-18(10-14)16(19)17-13-4-6-15(7-5-13)22(3)20/h4-7,12,14H,8-11H2,1-3H3,(H,17,19)/t14-,22-/m1/s1. The van der Waals surface area contributed by atoms with Gasteiger partial charge in [-0.2, -0.15) is 0 Å². The molecular weight excluding hydrogens is 300 g/mol. The summed E-state index contributed by atoms with van der Waals surface area (Å²) in [6.07, 6.45) is 2.65. The second-order valence-electron chi connectivity index (χ2n) is 5.99. The van der Waals surface area contributed by atoms with Crippen LogP contribution in [0, 0.1) is 5.92 Å². The number of amides is 2. The van der Waals surface area contributed by atoms with Gasteiger partial charge in [-0.05, 0) is 36.6 Å². The molecule has 1 aliphatic rings. The van der Waals surface area contributed by atoms with Crippen LogP contribution in [-0.2, 0) is 15.5 Å². The number of carbonyl (C=O) groups excluding carboxylic acids is 1. The molecule has 1 N–H and O–H groups in total. The molecule has 1 aliphatic heterocycles. The monoisotopic (exact) mass is 324 g/mol. The van der Waals surface area contributed by atoms with Crippen molar-refractivity contribution in [3.63, 3.8) is 0 Å². The molecule has 2 atom stereocenters. The molecule has 0 unspecified atom stereocenters. The van der Waals surface area contributed by atoms with Crippen molar-refractivity contribution in [1.29, 1.82) is 0 Å². The second-order valence-corrected chi connectivity index (χ2v) is 7.37. The first-order valence-electron chi connectivity index (χ1n) is 7.56. The molecule has 1 fully saturated rings. The first kappa shape index (κ1) is 17.0. The summed E-state index contributed by atoms with van der Waals surface area (Å²) < 4.78 is 17.1. The van der Waals surface area contributed by atoms with Crippen LogP contribution in [0.4, 0.5) is 10.5 Å². The van der Waals surface area contributed by atoms with Crippen LogP contribution in [0.5, 0.6) is 0 Å². The Morgan fingerprint density at radius 3 is 2.68 bits per heavy atom. The smallest absolute Gasteiger partial charge is 0.321 e. The van der Waals surface area contributed by atoms with Crippen molar-refractivity contribution in [3.05, 3.63) is 24.3 Å². The minimum atomic E-state index is -1.00. The third kappa shape index (κ3) is 4.81. The number of anilines is 1. The molecule has 22 heavy (non-hydrogen) atoms. The van der Waals surface area contributed by atoms with E-state index in [1.54, 1.807) is 35.4 Å². The van der Waals surface area contributed by atoms with Gasteiger partial charge >= 0.3 is 6.03 Å². The zero-order chi connectivity index (χ0) is 16.1. The van der Waals surface area contributed by atoms with Crippen molar-refractivity contribution in [1.82, 2.24) is 4.90 Å². The number of nitrogens with one attached hydrogen (secondary N) is 1. The third-order valence-electron chi connectivity index (χ3n) is 3.54. The van der Waals surface area contributed by atoms with Crippen molar-refractivity contribution >= 4 is 22.5 Å². The second kappa shape index (κ2) is 7.74. The predicted octanol–water partition coefficient (Wildman–Crippen LogP) is 2.70. The van der Waals surface area contributed by atoms with Crippen molar-refractivity contribution in [2.75, 3.05) is 31.3 Å². The molecule has 1 aromatic carbocycles. The highest BCUT2D eigenvalue weighted by Crippen LogP contribution is 2.17. The lowest BCUT2D eigenvalue weighted by atomic mass is 10.2. The Morgan fingerprint density at radius 1 is 1.41 bits per heavy atom. The van der Waals surface area contributed by atoms with E-state index in [1.165, 1.54) is 0 Å². The van der Waals surface area contributed by atoms with E-state index in [4.69, 9.17) is 4.74 Å². The number of carbonyl (C=O) groups is 1. The maximum atomic E-state index is 12.2. The Bertz CT molecular complexity index is 531. The summed E-state index contributed by atoms with van der Waals surface area (Å²) in [4.78, 5) is 14.7. The number of urea groups is 1. The number of rotatable bonds is 5. The number of likely N-dealkylation sites (tertiary alicyclic amines) is 1. The highest BCUT2D eigenvalue weighted by Gasteiger charge is 2.26. The Morgan fingerprint density at radius 2 is 2.09 bits per heavy atom.